The minimum Gasteiger partial charge on any atom is -0.295 e. The summed E-state index contributed by atoms with van der Waals surface area (Å²) in [5, 5.41) is 2.47. The highest BCUT2D eigenvalue weighted by atomic mass is 32.1. The van der Waals surface area contributed by atoms with E-state index >= 15 is 0 Å². The molecule has 0 saturated carbocycles. The predicted molar refractivity (Wildman–Crippen MR) is 178 cm³/mol. The molecule has 8 aromatic rings. The summed E-state index contributed by atoms with van der Waals surface area (Å²) in [6, 6.07) is 41.9. The third kappa shape index (κ3) is 4.18. The number of hydrogen-bond donors (Lipinski definition) is 0. The maximum atomic E-state index is 12.5. The van der Waals surface area contributed by atoms with E-state index in [1.54, 1.807) is 16.2 Å². The van der Waals surface area contributed by atoms with Gasteiger partial charge in [-0.15, -0.1) is 11.3 Å². The maximum Gasteiger partial charge on any atom is 0.328 e. The molecule has 0 fully saturated rings. The number of hydrogen-bond acceptors (Lipinski definition) is 4. The molecule has 43 heavy (non-hydrogen) atoms. The molecule has 0 N–H and O–H groups in total. The van der Waals surface area contributed by atoms with Gasteiger partial charge in [-0.25, -0.2) is 14.8 Å². The number of aryl methyl sites for hydroxylation is 2. The van der Waals surface area contributed by atoms with Gasteiger partial charge < -0.3 is 0 Å². The SMILES string of the molecule is Cn1c(=O)n(C)c2cc(-c3cccc(-c4cc(-c5cccc6sc7ccccc7c56)nc(-c5ccccc5)n4)c3)ccc21. The molecular formula is C37H26N4OS. The molecule has 0 spiro atoms. The van der Waals surface area contributed by atoms with Gasteiger partial charge in [0.15, 0.2) is 5.82 Å². The van der Waals surface area contributed by atoms with Gasteiger partial charge in [0.05, 0.1) is 22.4 Å². The van der Waals surface area contributed by atoms with Gasteiger partial charge in [0.1, 0.15) is 0 Å². The van der Waals surface area contributed by atoms with Gasteiger partial charge in [0.25, 0.3) is 0 Å². The van der Waals surface area contributed by atoms with E-state index in [-0.39, 0.29) is 5.69 Å². The fourth-order valence-electron chi connectivity index (χ4n) is 5.98. The second-order valence-corrected chi connectivity index (χ2v) is 11.9. The first kappa shape index (κ1) is 25.4. The van der Waals surface area contributed by atoms with Crippen molar-refractivity contribution in [1.82, 2.24) is 19.1 Å². The van der Waals surface area contributed by atoms with Crippen LogP contribution in [-0.2, 0) is 14.1 Å². The van der Waals surface area contributed by atoms with Crippen molar-refractivity contribution in [3.8, 4) is 45.0 Å². The van der Waals surface area contributed by atoms with Crippen LogP contribution in [0.2, 0.25) is 0 Å². The minimum absolute atomic E-state index is 0.0312. The predicted octanol–water partition coefficient (Wildman–Crippen LogP) is 8.70. The second kappa shape index (κ2) is 9.89. The first-order chi connectivity index (χ1) is 21.0. The Hall–Kier alpha value is -5.33. The van der Waals surface area contributed by atoms with Crippen LogP contribution in [0.25, 0.3) is 76.2 Å². The number of rotatable bonds is 4. The number of fused-ring (bicyclic) bond motifs is 4. The number of thiophene rings is 1. The smallest absolute Gasteiger partial charge is 0.295 e. The lowest BCUT2D eigenvalue weighted by Gasteiger charge is -2.12. The maximum absolute atomic E-state index is 12.5. The summed E-state index contributed by atoms with van der Waals surface area (Å²) in [5.41, 5.74) is 8.71. The van der Waals surface area contributed by atoms with Crippen molar-refractivity contribution in [2.24, 2.45) is 14.1 Å². The van der Waals surface area contributed by atoms with Crippen LogP contribution in [0.1, 0.15) is 0 Å². The van der Waals surface area contributed by atoms with Crippen molar-refractivity contribution in [3.63, 3.8) is 0 Å². The number of aromatic nitrogens is 4. The van der Waals surface area contributed by atoms with Gasteiger partial charge in [-0.05, 0) is 47.5 Å². The van der Waals surface area contributed by atoms with Crippen LogP contribution in [0.3, 0.4) is 0 Å². The molecule has 0 amide bonds. The minimum atomic E-state index is -0.0312. The summed E-state index contributed by atoms with van der Waals surface area (Å²) >= 11 is 1.81. The summed E-state index contributed by atoms with van der Waals surface area (Å²) in [6.45, 7) is 0. The van der Waals surface area contributed by atoms with Gasteiger partial charge in [-0.3, -0.25) is 9.13 Å². The zero-order valence-corrected chi connectivity index (χ0v) is 24.5. The molecule has 3 heterocycles. The van der Waals surface area contributed by atoms with E-state index in [0.29, 0.717) is 5.82 Å². The molecule has 5 nitrogen and oxygen atoms in total. The Balaban J connectivity index is 1.32. The van der Waals surface area contributed by atoms with E-state index in [2.05, 4.69) is 97.1 Å². The van der Waals surface area contributed by atoms with Crippen LogP contribution in [0.5, 0.6) is 0 Å². The van der Waals surface area contributed by atoms with Crippen LogP contribution < -0.4 is 5.69 Å². The zero-order chi connectivity index (χ0) is 29.1. The molecule has 8 rings (SSSR count). The van der Waals surface area contributed by atoms with E-state index < -0.39 is 0 Å². The van der Waals surface area contributed by atoms with Crippen LogP contribution >= 0.6 is 11.3 Å². The molecule has 0 aliphatic rings. The summed E-state index contributed by atoms with van der Waals surface area (Å²) in [4.78, 5) is 22.7. The molecule has 3 aromatic heterocycles. The standard InChI is InChI=1S/C37H26N4OS/c1-40-31-19-18-25(21-32(31)41(2)37(40)42)24-12-8-13-26(20-24)29-22-30(39-36(38-29)23-10-4-3-5-11-23)27-15-9-17-34-35(27)28-14-6-7-16-33(28)43-34/h3-22H,1-2H3. The average Bonchev–Trinajstić information content (AvgIpc) is 3.55. The molecule has 0 saturated heterocycles. The molecule has 206 valence electrons. The molecule has 0 aliphatic heterocycles. The molecule has 0 bridgehead atoms. The fourth-order valence-corrected chi connectivity index (χ4v) is 7.11. The molecule has 0 aliphatic carbocycles. The van der Waals surface area contributed by atoms with Crippen molar-refractivity contribution < 1.29 is 0 Å². The fraction of sp³-hybridized carbons (Fsp3) is 0.0541. The lowest BCUT2D eigenvalue weighted by molar-refractivity contribution is 0.795. The first-order valence-corrected chi connectivity index (χ1v) is 15.0. The lowest BCUT2D eigenvalue weighted by atomic mass is 9.99. The molecule has 0 radical (unpaired) electrons. The van der Waals surface area contributed by atoms with E-state index in [1.165, 1.54) is 20.2 Å². The summed E-state index contributed by atoms with van der Waals surface area (Å²) < 4.78 is 5.89. The van der Waals surface area contributed by atoms with Crippen molar-refractivity contribution in [1.29, 1.82) is 0 Å². The molecule has 0 unspecified atom stereocenters. The van der Waals surface area contributed by atoms with Gasteiger partial charge in [0.2, 0.25) is 0 Å². The summed E-state index contributed by atoms with van der Waals surface area (Å²) in [7, 11) is 3.62. The third-order valence-electron chi connectivity index (χ3n) is 8.20. The van der Waals surface area contributed by atoms with Crippen LogP contribution in [0.4, 0.5) is 0 Å². The normalized spacial score (nSPS) is 11.6. The number of nitrogens with zero attached hydrogens (tertiary/aromatic N) is 4. The quantitative estimate of drug-likeness (QED) is 0.211. The molecule has 0 atom stereocenters. The van der Waals surface area contributed by atoms with Crippen LogP contribution in [-0.4, -0.2) is 19.1 Å². The topological polar surface area (TPSA) is 52.7 Å². The Labute approximate surface area is 252 Å². The average molecular weight is 575 g/mol. The largest absolute Gasteiger partial charge is 0.328 e. The number of benzene rings is 5. The number of imidazole rings is 1. The van der Waals surface area contributed by atoms with Crippen LogP contribution in [0, 0.1) is 0 Å². The Morgan fingerprint density at radius 3 is 2.12 bits per heavy atom. The van der Waals surface area contributed by atoms with Crippen LogP contribution in [0.15, 0.2) is 126 Å². The Bertz CT molecular complexity index is 2400. The lowest BCUT2D eigenvalue weighted by Crippen LogP contribution is -2.19. The van der Waals surface area contributed by atoms with Gasteiger partial charge in [-0.1, -0.05) is 84.9 Å². The van der Waals surface area contributed by atoms with Gasteiger partial charge >= 0.3 is 5.69 Å². The molecule has 6 heteroatoms. The zero-order valence-electron chi connectivity index (χ0n) is 23.7. The summed E-state index contributed by atoms with van der Waals surface area (Å²) in [5.74, 6) is 0.691. The van der Waals surface area contributed by atoms with E-state index in [9.17, 15) is 4.79 Å². The highest BCUT2D eigenvalue weighted by Crippen LogP contribution is 2.40. The Morgan fingerprint density at radius 1 is 0.558 bits per heavy atom. The first-order valence-electron chi connectivity index (χ1n) is 14.2. The van der Waals surface area contributed by atoms with Gasteiger partial charge in [0, 0.05) is 51.0 Å². The molecular weight excluding hydrogens is 549 g/mol. The van der Waals surface area contributed by atoms with Crippen molar-refractivity contribution in [2.75, 3.05) is 0 Å². The van der Waals surface area contributed by atoms with Crippen molar-refractivity contribution in [3.05, 3.63) is 132 Å². The van der Waals surface area contributed by atoms with E-state index in [4.69, 9.17) is 9.97 Å². The van der Waals surface area contributed by atoms with Crippen molar-refractivity contribution in [2.45, 2.75) is 0 Å². The Kier molecular flexibility index (Phi) is 5.84. The molecule has 5 aromatic carbocycles. The summed E-state index contributed by atoms with van der Waals surface area (Å²) in [6.07, 6.45) is 0. The van der Waals surface area contributed by atoms with E-state index in [1.807, 2.05) is 42.6 Å². The monoisotopic (exact) mass is 574 g/mol. The highest BCUT2D eigenvalue weighted by Gasteiger charge is 2.16. The van der Waals surface area contributed by atoms with E-state index in [0.717, 1.165) is 50.2 Å². The highest BCUT2D eigenvalue weighted by molar-refractivity contribution is 7.25. The van der Waals surface area contributed by atoms with Gasteiger partial charge in [-0.2, -0.15) is 0 Å². The third-order valence-corrected chi connectivity index (χ3v) is 9.34. The second-order valence-electron chi connectivity index (χ2n) is 10.8. The van der Waals surface area contributed by atoms with Crippen molar-refractivity contribution >= 4 is 42.5 Å². The Morgan fingerprint density at radius 2 is 1.23 bits per heavy atom.